The van der Waals surface area contributed by atoms with Gasteiger partial charge in [0.1, 0.15) is 0 Å². The first-order valence-electron chi connectivity index (χ1n) is 4.80. The van der Waals surface area contributed by atoms with Gasteiger partial charge < -0.3 is 9.67 Å². The average molecular weight is 280 g/mol. The van der Waals surface area contributed by atoms with Crippen LogP contribution in [0.25, 0.3) is 0 Å². The molecule has 0 bridgehead atoms. The van der Waals surface area contributed by atoms with Gasteiger partial charge in [-0.3, -0.25) is 0 Å². The Morgan fingerprint density at radius 1 is 1.31 bits per heavy atom. The first kappa shape index (κ1) is 11.0. The van der Waals surface area contributed by atoms with Crippen molar-refractivity contribution in [3.05, 3.63) is 58.3 Å². The molecule has 82 valence electrons. The summed E-state index contributed by atoms with van der Waals surface area (Å²) in [6, 6.07) is 11.5. The third kappa shape index (κ3) is 2.33. The predicted molar refractivity (Wildman–Crippen MR) is 64.6 cm³/mol. The maximum atomic E-state index is 10.8. The number of carboxylic acid groups (broad SMARTS) is 1. The fourth-order valence-electron chi connectivity index (χ4n) is 1.50. The van der Waals surface area contributed by atoms with Crippen molar-refractivity contribution >= 4 is 21.9 Å². The van der Waals surface area contributed by atoms with Gasteiger partial charge in [-0.05, 0) is 27.6 Å². The van der Waals surface area contributed by atoms with Crippen LogP contribution in [0.4, 0.5) is 0 Å². The third-order valence-corrected chi connectivity index (χ3v) is 2.97. The number of aromatic nitrogens is 1. The molecule has 0 saturated heterocycles. The first-order chi connectivity index (χ1) is 7.66. The van der Waals surface area contributed by atoms with E-state index in [4.69, 9.17) is 5.11 Å². The Morgan fingerprint density at radius 2 is 2.00 bits per heavy atom. The van der Waals surface area contributed by atoms with E-state index in [9.17, 15) is 4.79 Å². The molecule has 0 unspecified atom stereocenters. The summed E-state index contributed by atoms with van der Waals surface area (Å²) in [5, 5.41) is 8.85. The summed E-state index contributed by atoms with van der Waals surface area (Å²) in [6.45, 7) is 0.661. The Hall–Kier alpha value is -1.55. The zero-order valence-electron chi connectivity index (χ0n) is 8.43. The van der Waals surface area contributed by atoms with Crippen LogP contribution in [0.3, 0.4) is 0 Å². The lowest BCUT2D eigenvalue weighted by atomic mass is 10.2. The second-order valence-corrected chi connectivity index (χ2v) is 4.28. The number of benzene rings is 1. The highest BCUT2D eigenvalue weighted by Crippen LogP contribution is 2.17. The van der Waals surface area contributed by atoms with Crippen molar-refractivity contribution in [2.24, 2.45) is 0 Å². The van der Waals surface area contributed by atoms with Crippen molar-refractivity contribution in [2.45, 2.75) is 6.54 Å². The van der Waals surface area contributed by atoms with Crippen LogP contribution in [0, 0.1) is 0 Å². The van der Waals surface area contributed by atoms with Crippen molar-refractivity contribution in [1.29, 1.82) is 0 Å². The lowest BCUT2D eigenvalue weighted by Gasteiger charge is -2.04. The van der Waals surface area contributed by atoms with Gasteiger partial charge in [-0.1, -0.05) is 30.3 Å². The molecule has 0 aliphatic rings. The van der Waals surface area contributed by atoms with Crippen LogP contribution in [-0.2, 0) is 6.54 Å². The Labute approximate surface area is 101 Å². The molecule has 0 aliphatic carbocycles. The van der Waals surface area contributed by atoms with E-state index >= 15 is 0 Å². The largest absolute Gasteiger partial charge is 0.478 e. The SMILES string of the molecule is O=C(O)c1cc(Br)n(Cc2ccccc2)c1. The molecule has 2 aromatic rings. The number of halogens is 1. The van der Waals surface area contributed by atoms with E-state index in [1.54, 1.807) is 12.3 Å². The topological polar surface area (TPSA) is 42.2 Å². The number of aromatic carboxylic acids is 1. The van der Waals surface area contributed by atoms with Crippen molar-refractivity contribution in [3.63, 3.8) is 0 Å². The van der Waals surface area contributed by atoms with Crippen molar-refractivity contribution in [1.82, 2.24) is 4.57 Å². The Balaban J connectivity index is 2.25. The fourth-order valence-corrected chi connectivity index (χ4v) is 1.97. The molecular formula is C12H10BrNO2. The van der Waals surface area contributed by atoms with Gasteiger partial charge in [0, 0.05) is 12.7 Å². The fraction of sp³-hybridized carbons (Fsp3) is 0.0833. The molecule has 1 heterocycles. The van der Waals surface area contributed by atoms with Crippen LogP contribution in [-0.4, -0.2) is 15.6 Å². The van der Waals surface area contributed by atoms with Gasteiger partial charge in [-0.2, -0.15) is 0 Å². The van der Waals surface area contributed by atoms with Gasteiger partial charge in [0.25, 0.3) is 0 Å². The van der Waals surface area contributed by atoms with Crippen LogP contribution < -0.4 is 0 Å². The lowest BCUT2D eigenvalue weighted by Crippen LogP contribution is -1.98. The molecule has 16 heavy (non-hydrogen) atoms. The summed E-state index contributed by atoms with van der Waals surface area (Å²) in [4.78, 5) is 10.8. The molecule has 0 amide bonds. The van der Waals surface area contributed by atoms with Crippen LogP contribution in [0.5, 0.6) is 0 Å². The summed E-state index contributed by atoms with van der Waals surface area (Å²) in [6.07, 6.45) is 1.62. The molecule has 0 fully saturated rings. The lowest BCUT2D eigenvalue weighted by molar-refractivity contribution is 0.0697. The molecule has 0 aliphatic heterocycles. The molecule has 0 spiro atoms. The van der Waals surface area contributed by atoms with Gasteiger partial charge in [0.2, 0.25) is 0 Å². The number of hydrogen-bond donors (Lipinski definition) is 1. The highest BCUT2D eigenvalue weighted by Gasteiger charge is 2.09. The normalized spacial score (nSPS) is 10.3. The van der Waals surface area contributed by atoms with Gasteiger partial charge in [0.05, 0.1) is 10.2 Å². The minimum absolute atomic E-state index is 0.294. The van der Waals surface area contributed by atoms with Crippen molar-refractivity contribution < 1.29 is 9.90 Å². The average Bonchev–Trinajstić information content (AvgIpc) is 2.62. The van der Waals surface area contributed by atoms with Gasteiger partial charge in [-0.15, -0.1) is 0 Å². The number of carboxylic acids is 1. The summed E-state index contributed by atoms with van der Waals surface area (Å²) in [7, 11) is 0. The highest BCUT2D eigenvalue weighted by atomic mass is 79.9. The molecule has 2 rings (SSSR count). The molecule has 4 heteroatoms. The number of carbonyl (C=O) groups is 1. The van der Waals surface area contributed by atoms with E-state index in [0.717, 1.165) is 10.2 Å². The number of rotatable bonds is 3. The number of nitrogens with zero attached hydrogens (tertiary/aromatic N) is 1. The standard InChI is InChI=1S/C12H10BrNO2/c13-11-6-10(12(15)16)8-14(11)7-9-4-2-1-3-5-9/h1-6,8H,7H2,(H,15,16). The molecule has 1 N–H and O–H groups in total. The van der Waals surface area contributed by atoms with Crippen LogP contribution >= 0.6 is 15.9 Å². The maximum absolute atomic E-state index is 10.8. The van der Waals surface area contributed by atoms with Gasteiger partial charge in [0.15, 0.2) is 0 Å². The Kier molecular flexibility index (Phi) is 3.10. The van der Waals surface area contributed by atoms with E-state index in [0.29, 0.717) is 12.1 Å². The minimum atomic E-state index is -0.910. The van der Waals surface area contributed by atoms with Gasteiger partial charge >= 0.3 is 5.97 Å². The zero-order valence-corrected chi connectivity index (χ0v) is 10.0. The van der Waals surface area contributed by atoms with Crippen LogP contribution in [0.2, 0.25) is 0 Å². The van der Waals surface area contributed by atoms with E-state index in [2.05, 4.69) is 15.9 Å². The second kappa shape index (κ2) is 4.53. The maximum Gasteiger partial charge on any atom is 0.337 e. The summed E-state index contributed by atoms with van der Waals surface area (Å²) in [5.74, 6) is -0.910. The van der Waals surface area contributed by atoms with Crippen molar-refractivity contribution in [3.8, 4) is 0 Å². The molecular weight excluding hydrogens is 270 g/mol. The monoisotopic (exact) mass is 279 g/mol. The zero-order chi connectivity index (χ0) is 11.5. The van der Waals surface area contributed by atoms with E-state index in [1.807, 2.05) is 34.9 Å². The molecule has 1 aromatic carbocycles. The quantitative estimate of drug-likeness (QED) is 0.939. The van der Waals surface area contributed by atoms with E-state index < -0.39 is 5.97 Å². The predicted octanol–water partition coefficient (Wildman–Crippen LogP) is 3.00. The summed E-state index contributed by atoms with van der Waals surface area (Å²) in [5.41, 5.74) is 1.43. The smallest absolute Gasteiger partial charge is 0.337 e. The molecule has 0 saturated carbocycles. The molecule has 0 atom stereocenters. The molecule has 3 nitrogen and oxygen atoms in total. The van der Waals surface area contributed by atoms with Gasteiger partial charge in [-0.25, -0.2) is 4.79 Å². The Bertz CT molecular complexity index is 505. The minimum Gasteiger partial charge on any atom is -0.478 e. The summed E-state index contributed by atoms with van der Waals surface area (Å²) < 4.78 is 2.63. The third-order valence-electron chi connectivity index (χ3n) is 2.29. The van der Waals surface area contributed by atoms with E-state index in [-0.39, 0.29) is 0 Å². The highest BCUT2D eigenvalue weighted by molar-refractivity contribution is 9.10. The van der Waals surface area contributed by atoms with Crippen molar-refractivity contribution in [2.75, 3.05) is 0 Å². The van der Waals surface area contributed by atoms with E-state index in [1.165, 1.54) is 0 Å². The summed E-state index contributed by atoms with van der Waals surface area (Å²) >= 11 is 3.34. The molecule has 1 aromatic heterocycles. The van der Waals surface area contributed by atoms with Crippen LogP contribution in [0.1, 0.15) is 15.9 Å². The number of hydrogen-bond acceptors (Lipinski definition) is 1. The Morgan fingerprint density at radius 3 is 2.56 bits per heavy atom. The molecule has 0 radical (unpaired) electrons. The second-order valence-electron chi connectivity index (χ2n) is 3.47. The first-order valence-corrected chi connectivity index (χ1v) is 5.59. The van der Waals surface area contributed by atoms with Crippen LogP contribution in [0.15, 0.2) is 47.2 Å².